The van der Waals surface area contributed by atoms with Gasteiger partial charge in [-0.15, -0.1) is 0 Å². The molecule has 1 fully saturated rings. The van der Waals surface area contributed by atoms with Crippen LogP contribution in [0, 0.1) is 12.7 Å². The largest absolute Gasteiger partial charge is 0.369 e. The van der Waals surface area contributed by atoms with Crippen LogP contribution in [0.5, 0.6) is 0 Å². The third-order valence-corrected chi connectivity index (χ3v) is 6.86. The molecule has 0 bridgehead atoms. The Balaban J connectivity index is 1.64. The van der Waals surface area contributed by atoms with Gasteiger partial charge >= 0.3 is 0 Å². The van der Waals surface area contributed by atoms with Gasteiger partial charge in [-0.1, -0.05) is 24.6 Å². The summed E-state index contributed by atoms with van der Waals surface area (Å²) in [7, 11) is 2.01. The highest BCUT2D eigenvalue weighted by molar-refractivity contribution is 8.18. The maximum absolute atomic E-state index is 14.9. The van der Waals surface area contributed by atoms with Crippen molar-refractivity contribution in [3.63, 3.8) is 0 Å². The summed E-state index contributed by atoms with van der Waals surface area (Å²) < 4.78 is 14.9. The Morgan fingerprint density at radius 3 is 2.67 bits per heavy atom. The maximum atomic E-state index is 14.9. The molecule has 6 heteroatoms. The number of benzene rings is 2. The number of hydrogen-bond acceptors (Lipinski definition) is 4. The molecule has 1 amide bonds. The third kappa shape index (κ3) is 3.88. The average molecular weight is 424 g/mol. The minimum atomic E-state index is -0.324. The second-order valence-electron chi connectivity index (χ2n) is 8.73. The van der Waals surface area contributed by atoms with E-state index >= 15 is 0 Å². The molecule has 1 saturated heterocycles. The molecule has 0 aromatic heterocycles. The van der Waals surface area contributed by atoms with E-state index in [4.69, 9.17) is 0 Å². The molecule has 2 aromatic carbocycles. The highest BCUT2D eigenvalue weighted by atomic mass is 32.2. The van der Waals surface area contributed by atoms with Crippen LogP contribution in [-0.4, -0.2) is 23.7 Å². The average Bonchev–Trinajstić information content (AvgIpc) is 3.01. The quantitative estimate of drug-likeness (QED) is 0.626. The van der Waals surface area contributed by atoms with E-state index in [1.807, 2.05) is 44.3 Å². The van der Waals surface area contributed by atoms with Gasteiger partial charge in [-0.25, -0.2) is 9.38 Å². The number of aliphatic imine (C=N–C) groups is 1. The summed E-state index contributed by atoms with van der Waals surface area (Å²) in [6.45, 7) is 8.53. The van der Waals surface area contributed by atoms with E-state index in [0.29, 0.717) is 21.6 Å². The minimum Gasteiger partial charge on any atom is -0.369 e. The minimum absolute atomic E-state index is 0.0264. The number of fused-ring (bicyclic) bond motifs is 1. The molecular formula is C24H26FN3OS. The predicted molar refractivity (Wildman–Crippen MR) is 124 cm³/mol. The molecule has 2 aliphatic heterocycles. The van der Waals surface area contributed by atoms with Crippen molar-refractivity contribution >= 4 is 40.3 Å². The fourth-order valence-corrected chi connectivity index (χ4v) is 4.91. The normalized spacial score (nSPS) is 23.1. The molecule has 2 aliphatic rings. The van der Waals surface area contributed by atoms with Crippen LogP contribution in [0.4, 0.5) is 15.8 Å². The van der Waals surface area contributed by atoms with E-state index in [9.17, 15) is 9.18 Å². The summed E-state index contributed by atoms with van der Waals surface area (Å²) in [5.74, 6) is -0.266. The van der Waals surface area contributed by atoms with Gasteiger partial charge < -0.3 is 10.2 Å². The molecular weight excluding hydrogens is 397 g/mol. The first-order valence-corrected chi connectivity index (χ1v) is 10.9. The molecule has 0 radical (unpaired) electrons. The Morgan fingerprint density at radius 2 is 1.97 bits per heavy atom. The summed E-state index contributed by atoms with van der Waals surface area (Å²) in [4.78, 5) is 19.5. The Labute approximate surface area is 181 Å². The first-order valence-electron chi connectivity index (χ1n) is 10.1. The predicted octanol–water partition coefficient (Wildman–Crippen LogP) is 5.75. The van der Waals surface area contributed by atoms with Gasteiger partial charge in [0.05, 0.1) is 10.6 Å². The molecule has 1 atom stereocenters. The number of thioether (sulfide) groups is 1. The highest BCUT2D eigenvalue weighted by Gasteiger charge is 2.35. The number of hydrogen-bond donors (Lipinski definition) is 1. The van der Waals surface area contributed by atoms with Gasteiger partial charge in [0, 0.05) is 23.8 Å². The third-order valence-electron chi connectivity index (χ3n) is 5.95. The fraction of sp³-hybridized carbons (Fsp3) is 0.333. The van der Waals surface area contributed by atoms with Crippen molar-refractivity contribution in [2.75, 3.05) is 11.9 Å². The topological polar surface area (TPSA) is 44.7 Å². The number of amides is 1. The number of rotatable bonds is 2. The summed E-state index contributed by atoms with van der Waals surface area (Å²) in [6.07, 6.45) is 2.61. The van der Waals surface area contributed by atoms with Crippen LogP contribution in [0.2, 0.25) is 0 Å². The Hall–Kier alpha value is -2.60. The number of carbonyl (C=O) groups is 1. The Bertz CT molecular complexity index is 1070. The first kappa shape index (κ1) is 20.7. The molecule has 4 rings (SSSR count). The number of carbonyl (C=O) groups excluding carboxylic acids is 1. The lowest BCUT2D eigenvalue weighted by atomic mass is 9.80. The number of amidine groups is 1. The van der Waals surface area contributed by atoms with Crippen LogP contribution in [0.15, 0.2) is 46.3 Å². The summed E-state index contributed by atoms with van der Waals surface area (Å²) >= 11 is 1.23. The van der Waals surface area contributed by atoms with Gasteiger partial charge in [-0.05, 0) is 80.8 Å². The number of nitrogens with zero attached hydrogens (tertiary/aromatic N) is 2. The van der Waals surface area contributed by atoms with Crippen molar-refractivity contribution in [3.8, 4) is 0 Å². The van der Waals surface area contributed by atoms with Crippen LogP contribution < -0.4 is 10.2 Å². The second-order valence-corrected chi connectivity index (χ2v) is 9.76. The Morgan fingerprint density at radius 1 is 1.27 bits per heavy atom. The molecule has 0 saturated carbocycles. The fourth-order valence-electron chi connectivity index (χ4n) is 4.07. The van der Waals surface area contributed by atoms with Gasteiger partial charge in [0.25, 0.3) is 5.91 Å². The molecule has 30 heavy (non-hydrogen) atoms. The molecule has 2 heterocycles. The van der Waals surface area contributed by atoms with Gasteiger partial charge in [-0.3, -0.25) is 4.79 Å². The van der Waals surface area contributed by atoms with Crippen molar-refractivity contribution in [1.29, 1.82) is 0 Å². The molecule has 0 aliphatic carbocycles. The lowest BCUT2D eigenvalue weighted by molar-refractivity contribution is -0.115. The number of aryl methyl sites for hydroxylation is 1. The maximum Gasteiger partial charge on any atom is 0.264 e. The summed E-state index contributed by atoms with van der Waals surface area (Å²) in [5.41, 5.74) is 4.35. The zero-order valence-electron chi connectivity index (χ0n) is 17.9. The van der Waals surface area contributed by atoms with Gasteiger partial charge in [0.1, 0.15) is 5.82 Å². The lowest BCUT2D eigenvalue weighted by Gasteiger charge is -2.45. The van der Waals surface area contributed by atoms with Crippen molar-refractivity contribution in [3.05, 3.63) is 63.8 Å². The SMILES string of the molecule is Cc1ccc(N=C2NC(=O)/C(=C\c3cc4c(cc3F)N(C)C(C)(C)CC4C)S2)cc1. The summed E-state index contributed by atoms with van der Waals surface area (Å²) in [5, 5.41) is 3.27. The van der Waals surface area contributed by atoms with E-state index < -0.39 is 0 Å². The van der Waals surface area contributed by atoms with Crippen molar-refractivity contribution in [2.45, 2.75) is 45.6 Å². The lowest BCUT2D eigenvalue weighted by Crippen LogP contribution is -2.45. The zero-order valence-corrected chi connectivity index (χ0v) is 18.7. The van der Waals surface area contributed by atoms with Crippen LogP contribution in [0.3, 0.4) is 0 Å². The monoisotopic (exact) mass is 423 g/mol. The number of nitrogens with one attached hydrogen (secondary N) is 1. The standard InChI is InChI=1S/C24H26FN3OS/c1-14-6-8-17(9-7-14)26-23-27-22(29)21(30-23)11-16-10-18-15(2)13-24(3,4)28(5)20(18)12-19(16)25/h6-12,15H,13H2,1-5H3,(H,26,27,29)/b21-11+. The number of anilines is 1. The number of halogens is 1. The highest BCUT2D eigenvalue weighted by Crippen LogP contribution is 2.43. The molecule has 2 aromatic rings. The van der Waals surface area contributed by atoms with Crippen LogP contribution in [0.25, 0.3) is 6.08 Å². The van der Waals surface area contributed by atoms with E-state index in [0.717, 1.165) is 28.9 Å². The van der Waals surface area contributed by atoms with Crippen LogP contribution in [-0.2, 0) is 4.79 Å². The van der Waals surface area contributed by atoms with Gasteiger partial charge in [0.15, 0.2) is 5.17 Å². The zero-order chi connectivity index (χ0) is 21.6. The van der Waals surface area contributed by atoms with Crippen molar-refractivity contribution in [1.82, 2.24) is 5.32 Å². The van der Waals surface area contributed by atoms with Gasteiger partial charge in [0.2, 0.25) is 0 Å². The van der Waals surface area contributed by atoms with E-state index in [1.54, 1.807) is 12.1 Å². The van der Waals surface area contributed by atoms with Crippen molar-refractivity contribution < 1.29 is 9.18 Å². The smallest absolute Gasteiger partial charge is 0.264 e. The van der Waals surface area contributed by atoms with Crippen LogP contribution >= 0.6 is 11.8 Å². The van der Waals surface area contributed by atoms with Crippen LogP contribution in [0.1, 0.15) is 49.8 Å². The molecule has 1 N–H and O–H groups in total. The molecule has 0 spiro atoms. The molecule has 1 unspecified atom stereocenters. The molecule has 4 nitrogen and oxygen atoms in total. The van der Waals surface area contributed by atoms with E-state index in [-0.39, 0.29) is 17.3 Å². The van der Waals surface area contributed by atoms with E-state index in [2.05, 4.69) is 36.0 Å². The summed E-state index contributed by atoms with van der Waals surface area (Å²) in [6, 6.07) is 11.2. The second kappa shape index (κ2) is 7.58. The van der Waals surface area contributed by atoms with E-state index in [1.165, 1.54) is 11.8 Å². The first-order chi connectivity index (χ1) is 14.1. The van der Waals surface area contributed by atoms with Gasteiger partial charge in [-0.2, -0.15) is 0 Å². The molecule has 156 valence electrons. The van der Waals surface area contributed by atoms with Crippen molar-refractivity contribution in [2.24, 2.45) is 4.99 Å². The Kier molecular flexibility index (Phi) is 5.22.